The number of benzene rings is 9. The van der Waals surface area contributed by atoms with E-state index >= 15 is 0 Å². The van der Waals surface area contributed by atoms with E-state index in [0.29, 0.717) is 0 Å². The third-order valence-corrected chi connectivity index (χ3v) is 13.0. The maximum Gasteiger partial charge on any atom is 0.0540 e. The Morgan fingerprint density at radius 3 is 1.85 bits per heavy atom. The first-order valence-corrected chi connectivity index (χ1v) is 19.9. The Balaban J connectivity index is 1.06. The molecule has 0 saturated heterocycles. The van der Waals surface area contributed by atoms with Crippen molar-refractivity contribution in [2.24, 2.45) is 0 Å². The van der Waals surface area contributed by atoms with Crippen molar-refractivity contribution in [3.63, 3.8) is 0 Å². The van der Waals surface area contributed by atoms with Crippen LogP contribution in [0.2, 0.25) is 0 Å². The van der Waals surface area contributed by atoms with Crippen molar-refractivity contribution in [3.8, 4) is 33.4 Å². The summed E-state index contributed by atoms with van der Waals surface area (Å²) in [5.74, 6) is 0. The third-order valence-electron chi connectivity index (χ3n) is 11.8. The molecule has 0 aliphatic heterocycles. The molecule has 1 nitrogen and oxygen atoms in total. The Kier molecular flexibility index (Phi) is 7.14. The summed E-state index contributed by atoms with van der Waals surface area (Å²) in [6.07, 6.45) is 0. The first-order valence-electron chi connectivity index (χ1n) is 19.1. The van der Waals surface area contributed by atoms with Gasteiger partial charge in [-0.05, 0) is 109 Å². The van der Waals surface area contributed by atoms with Gasteiger partial charge in [-0.25, -0.2) is 0 Å². The lowest BCUT2D eigenvalue weighted by atomic mass is 9.82. The van der Waals surface area contributed by atoms with Crippen molar-refractivity contribution in [1.29, 1.82) is 0 Å². The van der Waals surface area contributed by atoms with Crippen molar-refractivity contribution in [3.05, 3.63) is 199 Å². The van der Waals surface area contributed by atoms with E-state index in [0.717, 1.165) is 17.1 Å². The fourth-order valence-electron chi connectivity index (χ4n) is 9.08. The molecule has 2 heteroatoms. The van der Waals surface area contributed by atoms with Crippen LogP contribution in [-0.2, 0) is 5.41 Å². The normalized spacial score (nSPS) is 13.1. The van der Waals surface area contributed by atoms with Crippen LogP contribution < -0.4 is 4.90 Å². The predicted octanol–water partition coefficient (Wildman–Crippen LogP) is 15.5. The number of hydrogen-bond acceptors (Lipinski definition) is 2. The largest absolute Gasteiger partial charge is 0.310 e. The summed E-state index contributed by atoms with van der Waals surface area (Å²) >= 11 is 1.88. The summed E-state index contributed by atoms with van der Waals surface area (Å²) in [5.41, 5.74) is 13.6. The van der Waals surface area contributed by atoms with Crippen LogP contribution in [0, 0.1) is 0 Å². The Morgan fingerprint density at radius 2 is 1.00 bits per heavy atom. The average Bonchev–Trinajstić information content (AvgIpc) is 3.70. The van der Waals surface area contributed by atoms with E-state index in [9.17, 15) is 0 Å². The van der Waals surface area contributed by atoms with Crippen LogP contribution in [-0.4, -0.2) is 0 Å². The van der Waals surface area contributed by atoms with Crippen LogP contribution in [0.3, 0.4) is 0 Å². The monoisotopic (exact) mass is 719 g/mol. The molecular weight excluding hydrogens is 683 g/mol. The molecule has 55 heavy (non-hydrogen) atoms. The molecule has 0 bridgehead atoms. The lowest BCUT2D eigenvalue weighted by Crippen LogP contribution is -2.15. The summed E-state index contributed by atoms with van der Waals surface area (Å²) in [6, 6.07) is 69.7. The lowest BCUT2D eigenvalue weighted by Gasteiger charge is -2.29. The van der Waals surface area contributed by atoms with Gasteiger partial charge >= 0.3 is 0 Å². The van der Waals surface area contributed by atoms with Gasteiger partial charge in [0.15, 0.2) is 0 Å². The minimum atomic E-state index is -0.0548. The van der Waals surface area contributed by atoms with Gasteiger partial charge in [0.1, 0.15) is 0 Å². The zero-order valence-corrected chi connectivity index (χ0v) is 31.6. The van der Waals surface area contributed by atoms with E-state index in [-0.39, 0.29) is 5.41 Å². The van der Waals surface area contributed by atoms with Gasteiger partial charge in [0.05, 0.1) is 5.69 Å². The molecule has 0 amide bonds. The fourth-order valence-corrected chi connectivity index (χ4v) is 10.3. The number of anilines is 3. The summed E-state index contributed by atoms with van der Waals surface area (Å²) in [7, 11) is 0. The molecule has 0 radical (unpaired) electrons. The molecule has 9 aromatic carbocycles. The summed E-state index contributed by atoms with van der Waals surface area (Å²) in [5, 5.41) is 7.73. The van der Waals surface area contributed by atoms with Gasteiger partial charge < -0.3 is 4.90 Å². The minimum absolute atomic E-state index is 0.0548. The van der Waals surface area contributed by atoms with Crippen molar-refractivity contribution in [1.82, 2.24) is 0 Å². The number of thiophene rings is 1. The topological polar surface area (TPSA) is 3.24 Å². The molecule has 260 valence electrons. The van der Waals surface area contributed by atoms with Crippen LogP contribution >= 0.6 is 11.3 Å². The minimum Gasteiger partial charge on any atom is -0.310 e. The van der Waals surface area contributed by atoms with E-state index in [4.69, 9.17) is 0 Å². The molecule has 0 spiro atoms. The second-order valence-corrected chi connectivity index (χ2v) is 16.4. The van der Waals surface area contributed by atoms with Crippen LogP contribution in [0.4, 0.5) is 17.1 Å². The van der Waals surface area contributed by atoms with Crippen molar-refractivity contribution >= 4 is 70.1 Å². The van der Waals surface area contributed by atoms with Crippen LogP contribution in [0.25, 0.3) is 75.1 Å². The number of nitrogens with zero attached hydrogens (tertiary/aromatic N) is 1. The smallest absolute Gasteiger partial charge is 0.0540 e. The van der Waals surface area contributed by atoms with E-state index in [2.05, 4.69) is 207 Å². The molecule has 10 aromatic rings. The molecule has 0 atom stereocenters. The molecule has 1 heterocycles. The second-order valence-electron chi connectivity index (χ2n) is 15.3. The highest BCUT2D eigenvalue weighted by molar-refractivity contribution is 7.25. The van der Waals surface area contributed by atoms with Gasteiger partial charge in [0.2, 0.25) is 0 Å². The molecule has 1 aromatic heterocycles. The number of rotatable bonds is 5. The lowest BCUT2D eigenvalue weighted by molar-refractivity contribution is 0.660. The van der Waals surface area contributed by atoms with E-state index in [1.54, 1.807) is 0 Å². The highest BCUT2D eigenvalue weighted by Crippen LogP contribution is 2.51. The highest BCUT2D eigenvalue weighted by Gasteiger charge is 2.35. The molecule has 11 rings (SSSR count). The van der Waals surface area contributed by atoms with Gasteiger partial charge in [0, 0.05) is 42.5 Å². The highest BCUT2D eigenvalue weighted by atomic mass is 32.1. The number of fused-ring (bicyclic) bond motifs is 8. The molecule has 1 aliphatic carbocycles. The van der Waals surface area contributed by atoms with E-state index < -0.39 is 0 Å². The maximum absolute atomic E-state index is 2.45. The van der Waals surface area contributed by atoms with E-state index in [1.165, 1.54) is 86.2 Å². The Morgan fingerprint density at radius 1 is 0.382 bits per heavy atom. The maximum atomic E-state index is 2.45. The zero-order chi connectivity index (χ0) is 36.7. The molecule has 0 saturated carbocycles. The second kappa shape index (κ2) is 12.3. The van der Waals surface area contributed by atoms with Gasteiger partial charge in [-0.2, -0.15) is 0 Å². The van der Waals surface area contributed by atoms with Gasteiger partial charge in [-0.3, -0.25) is 0 Å². The van der Waals surface area contributed by atoms with Gasteiger partial charge in [0.25, 0.3) is 0 Å². The Bertz CT molecular complexity index is 3120. The Hall–Kier alpha value is -6.48. The summed E-state index contributed by atoms with van der Waals surface area (Å²) in [4.78, 5) is 2.45. The van der Waals surface area contributed by atoms with Gasteiger partial charge in [-0.15, -0.1) is 11.3 Å². The molecule has 1 aliphatic rings. The first kappa shape index (κ1) is 32.0. The van der Waals surface area contributed by atoms with Crippen molar-refractivity contribution < 1.29 is 0 Å². The number of hydrogen-bond donors (Lipinski definition) is 0. The standard InChI is InChI=1S/C53H37NS/c1-53(2)48-20-9-7-17-43(48)46-33-40(27-29-49(46)53)54(50-21-10-8-18-44(50)42-19-11-15-35-12-5-6-16-41(35)42)39-25-22-34(23-26-39)38-24-28-45-47-30-36-13-3-4-14-37(36)31-52(47)55-51(45)32-38/h3-33H,1-2H3. The zero-order valence-electron chi connectivity index (χ0n) is 30.8. The molecule has 0 N–H and O–H groups in total. The Labute approximate surface area is 325 Å². The SMILES string of the molecule is CC1(C)c2ccccc2-c2cc(N(c3ccc(-c4ccc5c(c4)sc4cc6ccccc6cc45)cc3)c3ccccc3-c3cccc4ccccc34)ccc21. The number of para-hydroxylation sites is 1. The average molecular weight is 720 g/mol. The molecule has 0 unspecified atom stereocenters. The van der Waals surface area contributed by atoms with Crippen molar-refractivity contribution in [2.75, 3.05) is 4.90 Å². The van der Waals surface area contributed by atoms with Gasteiger partial charge in [-0.1, -0.05) is 153 Å². The first-order chi connectivity index (χ1) is 27.0. The van der Waals surface area contributed by atoms with Crippen LogP contribution in [0.5, 0.6) is 0 Å². The molecular formula is C53H37NS. The molecule has 0 fully saturated rings. The van der Waals surface area contributed by atoms with E-state index in [1.807, 2.05) is 11.3 Å². The van der Waals surface area contributed by atoms with Crippen LogP contribution in [0.15, 0.2) is 188 Å². The van der Waals surface area contributed by atoms with Crippen molar-refractivity contribution in [2.45, 2.75) is 19.3 Å². The fraction of sp³-hybridized carbons (Fsp3) is 0.0566. The summed E-state index contributed by atoms with van der Waals surface area (Å²) < 4.78 is 2.65. The quantitative estimate of drug-likeness (QED) is 0.171. The predicted molar refractivity (Wildman–Crippen MR) is 237 cm³/mol. The summed E-state index contributed by atoms with van der Waals surface area (Å²) in [6.45, 7) is 4.70. The third kappa shape index (κ3) is 5.06. The van der Waals surface area contributed by atoms with Crippen LogP contribution in [0.1, 0.15) is 25.0 Å².